The molecule has 0 saturated carbocycles. The molecule has 0 spiro atoms. The van der Waals surface area contributed by atoms with Gasteiger partial charge in [0.05, 0.1) is 19.1 Å². The van der Waals surface area contributed by atoms with Gasteiger partial charge in [0.1, 0.15) is 33.3 Å². The predicted molar refractivity (Wildman–Crippen MR) is 127 cm³/mol. The molecule has 2 radical (unpaired) electrons. The number of nitrogens with two attached hydrogens (primary N) is 1. The highest BCUT2D eigenvalue weighted by atomic mass is 31.2. The Kier molecular flexibility index (Phi) is 13.1. The van der Waals surface area contributed by atoms with Crippen LogP contribution in [-0.4, -0.2) is 82.0 Å². The molecule has 176 valence electrons. The highest BCUT2D eigenvalue weighted by Crippen LogP contribution is 2.50. The highest BCUT2D eigenvalue weighted by Gasteiger charge is 2.45. The number of rotatable bonds is 14. The summed E-state index contributed by atoms with van der Waals surface area (Å²) in [7, 11) is 2.30. The Morgan fingerprint density at radius 3 is 2.42 bits per heavy atom. The summed E-state index contributed by atoms with van der Waals surface area (Å²) in [5, 5.41) is 8.93. The van der Waals surface area contributed by atoms with E-state index in [-0.39, 0.29) is 25.1 Å². The lowest BCUT2D eigenvalue weighted by Gasteiger charge is -2.38. The van der Waals surface area contributed by atoms with Crippen LogP contribution >= 0.6 is 15.7 Å². The Bertz CT molecular complexity index is 633. The lowest BCUT2D eigenvalue weighted by molar-refractivity contribution is -0.0157. The van der Waals surface area contributed by atoms with Crippen LogP contribution in [0.4, 0.5) is 0 Å². The van der Waals surface area contributed by atoms with E-state index in [2.05, 4.69) is 38.4 Å². The van der Waals surface area contributed by atoms with E-state index in [1.54, 1.807) is 25.2 Å². The summed E-state index contributed by atoms with van der Waals surface area (Å²) in [6.45, 7) is 12.8. The summed E-state index contributed by atoms with van der Waals surface area (Å²) >= 11 is 0. The van der Waals surface area contributed by atoms with Crippen LogP contribution in [0, 0.1) is 11.3 Å². The van der Waals surface area contributed by atoms with Crippen LogP contribution in [0.3, 0.4) is 0 Å². The molecule has 1 unspecified atom stereocenters. The van der Waals surface area contributed by atoms with Gasteiger partial charge < -0.3 is 28.8 Å². The van der Waals surface area contributed by atoms with Crippen LogP contribution in [0.1, 0.15) is 40.5 Å². The normalized spacial score (nSPS) is 25.7. The SMILES string of the molecule is [B][C@@H]1O[C@H](/C=C/P(C)(C)=O)[C@@H](OP(OCCC#N)N(C(C)C)C(C)C)[C@H]1OCCCN. The summed E-state index contributed by atoms with van der Waals surface area (Å²) in [5.74, 6) is 1.66. The molecule has 0 aliphatic carbocycles. The first-order chi connectivity index (χ1) is 14.5. The molecule has 8 nitrogen and oxygen atoms in total. The second-order valence-electron chi connectivity index (χ2n) is 8.44. The summed E-state index contributed by atoms with van der Waals surface area (Å²) in [4.78, 5) is 0. The van der Waals surface area contributed by atoms with Gasteiger partial charge in [0.25, 0.3) is 8.53 Å². The van der Waals surface area contributed by atoms with Gasteiger partial charge in [-0.05, 0) is 65.9 Å². The maximum Gasteiger partial charge on any atom is 0.259 e. The first-order valence-corrected chi connectivity index (χ1v) is 14.5. The van der Waals surface area contributed by atoms with Crippen LogP contribution < -0.4 is 5.73 Å². The van der Waals surface area contributed by atoms with Crippen LogP contribution in [0.5, 0.6) is 0 Å². The van der Waals surface area contributed by atoms with Crippen LogP contribution in [0.15, 0.2) is 11.9 Å². The molecule has 0 bridgehead atoms. The second-order valence-corrected chi connectivity index (χ2v) is 13.0. The van der Waals surface area contributed by atoms with Gasteiger partial charge >= 0.3 is 0 Å². The van der Waals surface area contributed by atoms with Crippen molar-refractivity contribution < 1.29 is 23.1 Å². The maximum absolute atomic E-state index is 12.2. The zero-order valence-electron chi connectivity index (χ0n) is 19.6. The van der Waals surface area contributed by atoms with E-state index in [1.807, 2.05) is 0 Å². The van der Waals surface area contributed by atoms with Gasteiger partial charge in [-0.15, -0.1) is 0 Å². The summed E-state index contributed by atoms with van der Waals surface area (Å²) in [6, 6.07) is 1.70. The fourth-order valence-corrected chi connectivity index (χ4v) is 5.51. The minimum Gasteiger partial charge on any atom is -0.375 e. The number of nitrogens with zero attached hydrogens (tertiary/aromatic N) is 2. The molecule has 0 amide bonds. The van der Waals surface area contributed by atoms with Crippen molar-refractivity contribution in [3.63, 3.8) is 0 Å². The minimum atomic E-state index is -2.40. The van der Waals surface area contributed by atoms with Gasteiger partial charge in [-0.25, -0.2) is 4.67 Å². The lowest BCUT2D eigenvalue weighted by Crippen LogP contribution is -2.40. The van der Waals surface area contributed by atoms with Crippen molar-refractivity contribution in [2.75, 3.05) is 33.1 Å². The van der Waals surface area contributed by atoms with Crippen molar-refractivity contribution in [2.24, 2.45) is 5.73 Å². The Hall–Kier alpha value is -0.285. The van der Waals surface area contributed by atoms with Gasteiger partial charge in [-0.3, -0.25) is 0 Å². The van der Waals surface area contributed by atoms with Crippen molar-refractivity contribution >= 4 is 23.5 Å². The first-order valence-electron chi connectivity index (χ1n) is 10.7. The second kappa shape index (κ2) is 14.1. The molecule has 5 atom stereocenters. The Balaban J connectivity index is 3.18. The lowest BCUT2D eigenvalue weighted by atomic mass is 9.93. The average molecular weight is 473 g/mol. The molecule has 0 aromatic heterocycles. The molecule has 1 heterocycles. The van der Waals surface area contributed by atoms with Gasteiger partial charge in [0, 0.05) is 24.7 Å². The van der Waals surface area contributed by atoms with Crippen molar-refractivity contribution in [1.29, 1.82) is 5.26 Å². The smallest absolute Gasteiger partial charge is 0.259 e. The number of hydrogen-bond acceptors (Lipinski definition) is 8. The third-order valence-electron chi connectivity index (χ3n) is 4.45. The molecule has 31 heavy (non-hydrogen) atoms. The van der Waals surface area contributed by atoms with E-state index in [0.717, 1.165) is 0 Å². The number of ether oxygens (including phenoxy) is 2. The Morgan fingerprint density at radius 2 is 1.90 bits per heavy atom. The fourth-order valence-electron chi connectivity index (χ4n) is 3.17. The molecule has 1 aliphatic heterocycles. The zero-order valence-corrected chi connectivity index (χ0v) is 21.4. The molecule has 1 saturated heterocycles. The zero-order chi connectivity index (χ0) is 23.6. The summed E-state index contributed by atoms with van der Waals surface area (Å²) in [5.41, 5.74) is 5.59. The third kappa shape index (κ3) is 10.0. The van der Waals surface area contributed by atoms with Crippen molar-refractivity contribution in [3.8, 4) is 6.07 Å². The molecular formula is C20H38BN3O5P2. The summed E-state index contributed by atoms with van der Waals surface area (Å²) in [6.07, 6.45) is 1.09. The van der Waals surface area contributed by atoms with Crippen LogP contribution in [0.2, 0.25) is 0 Å². The van der Waals surface area contributed by atoms with Gasteiger partial charge in [-0.2, -0.15) is 5.26 Å². The van der Waals surface area contributed by atoms with Crippen molar-refractivity contribution in [1.82, 2.24) is 4.67 Å². The maximum atomic E-state index is 12.2. The largest absolute Gasteiger partial charge is 0.375 e. The predicted octanol–water partition coefficient (Wildman–Crippen LogP) is 3.41. The van der Waals surface area contributed by atoms with E-state index in [1.165, 1.54) is 0 Å². The van der Waals surface area contributed by atoms with E-state index in [0.29, 0.717) is 19.6 Å². The summed E-state index contributed by atoms with van der Waals surface area (Å²) < 4.78 is 38.8. The molecule has 0 aromatic carbocycles. The first kappa shape index (κ1) is 28.7. The van der Waals surface area contributed by atoms with E-state index < -0.39 is 40.0 Å². The van der Waals surface area contributed by atoms with E-state index >= 15 is 0 Å². The van der Waals surface area contributed by atoms with E-state index in [9.17, 15) is 4.57 Å². The molecule has 0 aromatic rings. The number of hydrogen-bond donors (Lipinski definition) is 1. The fraction of sp³-hybridized carbons (Fsp3) is 0.850. The van der Waals surface area contributed by atoms with Crippen molar-refractivity contribution in [2.45, 2.75) is 76.9 Å². The third-order valence-corrected chi connectivity index (χ3v) is 7.47. The molecule has 2 N–H and O–H groups in total. The van der Waals surface area contributed by atoms with Crippen molar-refractivity contribution in [3.05, 3.63) is 11.9 Å². The molecule has 1 rings (SSSR count). The quantitative estimate of drug-likeness (QED) is 0.232. The Morgan fingerprint density at radius 1 is 1.26 bits per heavy atom. The van der Waals surface area contributed by atoms with Crippen LogP contribution in [-0.2, 0) is 23.1 Å². The molecular weight excluding hydrogens is 435 g/mol. The molecule has 1 fully saturated rings. The molecule has 11 heteroatoms. The van der Waals surface area contributed by atoms with Gasteiger partial charge in [0.15, 0.2) is 0 Å². The monoisotopic (exact) mass is 473 g/mol. The minimum absolute atomic E-state index is 0.154. The molecule has 1 aliphatic rings. The Labute approximate surface area is 190 Å². The average Bonchev–Trinajstić information content (AvgIpc) is 2.94. The van der Waals surface area contributed by atoms with Gasteiger partial charge in [0.2, 0.25) is 0 Å². The number of nitriles is 1. The van der Waals surface area contributed by atoms with E-state index in [4.69, 9.17) is 37.4 Å². The topological polar surface area (TPSA) is 107 Å². The van der Waals surface area contributed by atoms with Crippen LogP contribution in [0.25, 0.3) is 0 Å². The standard InChI is InChI=1S/C20H38BN3O5P2/c1-15(2)24(16(3)4)30(27-13-8-11-23)29-18-17(9-14-31(5,6)25)28-20(21)19(18)26-12-7-10-22/h9,14-20H,7-8,10,12-13,22H2,1-6H3/b14-9+/t17-,18-,19-,20-,30?/m1/s1. The van der Waals surface area contributed by atoms with Gasteiger partial charge in [-0.1, -0.05) is 0 Å². The highest BCUT2D eigenvalue weighted by molar-refractivity contribution is 7.65.